The lowest BCUT2D eigenvalue weighted by Gasteiger charge is -2.23. The minimum absolute atomic E-state index is 0.148. The van der Waals surface area contributed by atoms with Crippen LogP contribution in [0.15, 0.2) is 47.3 Å². The summed E-state index contributed by atoms with van der Waals surface area (Å²) in [5.41, 5.74) is -1.04. The van der Waals surface area contributed by atoms with Gasteiger partial charge in [-0.3, -0.25) is 28.2 Å². The number of nitrogens with one attached hydrogen (secondary N) is 2. The van der Waals surface area contributed by atoms with Gasteiger partial charge in [-0.15, -0.1) is 0 Å². The molecule has 13 heteroatoms. The third-order valence-corrected chi connectivity index (χ3v) is 4.81. The van der Waals surface area contributed by atoms with Gasteiger partial charge in [-0.25, -0.2) is 0 Å². The number of pyridine rings is 1. The van der Waals surface area contributed by atoms with E-state index in [4.69, 9.17) is 4.55 Å². The van der Waals surface area contributed by atoms with Crippen LogP contribution < -0.4 is 15.6 Å². The summed E-state index contributed by atoms with van der Waals surface area (Å²) < 4.78 is 72.1. The summed E-state index contributed by atoms with van der Waals surface area (Å²) in [7, 11) is -4.81. The van der Waals surface area contributed by atoms with E-state index in [9.17, 15) is 36.0 Å². The Morgan fingerprint density at radius 3 is 2.19 bits per heavy atom. The molecular formula is C19H20F3N3O6S. The Morgan fingerprint density at radius 2 is 1.69 bits per heavy atom. The lowest BCUT2D eigenvalue weighted by atomic mass is 9.99. The summed E-state index contributed by atoms with van der Waals surface area (Å²) in [4.78, 5) is 36.9. The van der Waals surface area contributed by atoms with E-state index in [0.717, 1.165) is 10.6 Å². The number of aromatic nitrogens is 1. The zero-order valence-corrected chi connectivity index (χ0v) is 17.7. The number of carbonyl (C=O) groups is 2. The Hall–Kier alpha value is -3.19. The second kappa shape index (κ2) is 9.53. The third-order valence-electron chi connectivity index (χ3n) is 4.33. The Bertz CT molecular complexity index is 1160. The zero-order chi connectivity index (χ0) is 24.3. The Labute approximate surface area is 181 Å². The van der Waals surface area contributed by atoms with Crippen LogP contribution in [0.2, 0.25) is 0 Å². The van der Waals surface area contributed by atoms with E-state index in [1.165, 1.54) is 19.9 Å². The van der Waals surface area contributed by atoms with Crippen molar-refractivity contribution in [3.63, 3.8) is 0 Å². The molecule has 1 unspecified atom stereocenters. The molecule has 1 aromatic heterocycles. The third kappa shape index (κ3) is 6.40. The van der Waals surface area contributed by atoms with Crippen LogP contribution >= 0.6 is 0 Å². The predicted octanol–water partition coefficient (Wildman–Crippen LogP) is 2.00. The molecule has 32 heavy (non-hydrogen) atoms. The van der Waals surface area contributed by atoms with Crippen molar-refractivity contribution in [3.05, 3.63) is 52.8 Å². The topological polar surface area (TPSA) is 135 Å². The van der Waals surface area contributed by atoms with Gasteiger partial charge < -0.3 is 5.32 Å². The second-order valence-corrected chi connectivity index (χ2v) is 8.27. The fourth-order valence-corrected chi connectivity index (χ4v) is 3.32. The van der Waals surface area contributed by atoms with Crippen molar-refractivity contribution < 1.29 is 35.7 Å². The molecule has 1 amide bonds. The molecule has 2 aromatic rings. The molecule has 1 aromatic carbocycles. The first-order chi connectivity index (χ1) is 14.7. The number of hydrogen-bond acceptors (Lipinski definition) is 5. The number of ketones is 1. The van der Waals surface area contributed by atoms with Crippen molar-refractivity contribution in [2.24, 2.45) is 5.92 Å². The van der Waals surface area contributed by atoms with E-state index in [1.54, 1.807) is 35.1 Å². The van der Waals surface area contributed by atoms with Crippen LogP contribution in [0, 0.1) is 5.92 Å². The summed E-state index contributed by atoms with van der Waals surface area (Å²) in [6.45, 7) is 1.80. The van der Waals surface area contributed by atoms with Crippen molar-refractivity contribution in [1.29, 1.82) is 0 Å². The first kappa shape index (κ1) is 25.1. The fourth-order valence-electron chi connectivity index (χ4n) is 2.89. The molecule has 0 fully saturated rings. The summed E-state index contributed by atoms with van der Waals surface area (Å²) >= 11 is 0. The van der Waals surface area contributed by atoms with E-state index in [0.29, 0.717) is 5.56 Å². The number of carbonyl (C=O) groups excluding carboxylic acids is 2. The number of Topliss-reactive ketones (excluding diaryl/α,β-unsaturated/α-hetero) is 1. The average Bonchev–Trinajstić information content (AvgIpc) is 2.67. The predicted molar refractivity (Wildman–Crippen MR) is 109 cm³/mol. The van der Waals surface area contributed by atoms with Crippen LogP contribution in [0.4, 0.5) is 18.9 Å². The van der Waals surface area contributed by atoms with Gasteiger partial charge in [0.15, 0.2) is 0 Å². The van der Waals surface area contributed by atoms with Gasteiger partial charge in [-0.1, -0.05) is 44.2 Å². The minimum Gasteiger partial charge on any atom is -0.344 e. The van der Waals surface area contributed by atoms with E-state index in [1.807, 2.05) is 5.32 Å². The van der Waals surface area contributed by atoms with Crippen LogP contribution in [0.25, 0.3) is 11.3 Å². The minimum atomic E-state index is -5.17. The van der Waals surface area contributed by atoms with Gasteiger partial charge in [0.25, 0.3) is 11.3 Å². The van der Waals surface area contributed by atoms with Crippen LogP contribution in [-0.4, -0.2) is 41.4 Å². The van der Waals surface area contributed by atoms with Crippen LogP contribution in [-0.2, 0) is 26.4 Å². The Kier molecular flexibility index (Phi) is 7.46. The van der Waals surface area contributed by atoms with E-state index in [2.05, 4.69) is 0 Å². The molecule has 0 aliphatic carbocycles. The van der Waals surface area contributed by atoms with Crippen molar-refractivity contribution in [1.82, 2.24) is 9.88 Å². The molecule has 9 nitrogen and oxygen atoms in total. The summed E-state index contributed by atoms with van der Waals surface area (Å²) in [6, 6.07) is 8.60. The Balaban J connectivity index is 2.47. The maximum absolute atomic E-state index is 12.9. The molecule has 0 aliphatic heterocycles. The molecule has 1 heterocycles. The highest BCUT2D eigenvalue weighted by molar-refractivity contribution is 7.87. The molecule has 3 N–H and O–H groups in total. The maximum atomic E-state index is 12.9. The largest absolute Gasteiger partial charge is 0.452 e. The number of rotatable bonds is 8. The van der Waals surface area contributed by atoms with E-state index < -0.39 is 57.9 Å². The van der Waals surface area contributed by atoms with Gasteiger partial charge in [0.1, 0.15) is 12.2 Å². The van der Waals surface area contributed by atoms with Crippen LogP contribution in [0.1, 0.15) is 13.8 Å². The van der Waals surface area contributed by atoms with Crippen LogP contribution in [0.5, 0.6) is 0 Å². The number of halogens is 3. The lowest BCUT2D eigenvalue weighted by Crippen LogP contribution is -2.50. The summed E-state index contributed by atoms with van der Waals surface area (Å²) in [6.07, 6.45) is -5.17. The van der Waals surface area contributed by atoms with Gasteiger partial charge >= 0.3 is 16.5 Å². The van der Waals surface area contributed by atoms with Crippen LogP contribution in [0.3, 0.4) is 0 Å². The number of alkyl halides is 3. The van der Waals surface area contributed by atoms with Gasteiger partial charge in [-0.2, -0.15) is 21.6 Å². The average molecular weight is 475 g/mol. The highest BCUT2D eigenvalue weighted by atomic mass is 32.2. The van der Waals surface area contributed by atoms with E-state index >= 15 is 0 Å². The normalized spacial score (nSPS) is 13.0. The molecule has 2 rings (SSSR count). The number of benzene rings is 1. The summed E-state index contributed by atoms with van der Waals surface area (Å²) in [5.74, 6) is -4.12. The fraction of sp³-hybridized carbons (Fsp3) is 0.316. The van der Waals surface area contributed by atoms with Gasteiger partial charge in [0, 0.05) is 0 Å². The SMILES string of the molecule is CC(C)C(NC(=O)Cn1c(-c2ccccc2)ccc(NS(=O)(=O)O)c1=O)C(=O)C(F)(F)F. The Morgan fingerprint density at radius 1 is 1.09 bits per heavy atom. The van der Waals surface area contributed by atoms with Gasteiger partial charge in [-0.05, 0) is 23.6 Å². The number of anilines is 1. The van der Waals surface area contributed by atoms with Crippen molar-refractivity contribution in [3.8, 4) is 11.3 Å². The van der Waals surface area contributed by atoms with Gasteiger partial charge in [0.05, 0.1) is 11.7 Å². The first-order valence-electron chi connectivity index (χ1n) is 9.15. The van der Waals surface area contributed by atoms with Crippen molar-refractivity contribution in [2.45, 2.75) is 32.6 Å². The lowest BCUT2D eigenvalue weighted by molar-refractivity contribution is -0.174. The molecule has 0 radical (unpaired) electrons. The molecule has 0 saturated carbocycles. The zero-order valence-electron chi connectivity index (χ0n) is 16.9. The van der Waals surface area contributed by atoms with Crippen molar-refractivity contribution >= 4 is 27.7 Å². The highest BCUT2D eigenvalue weighted by Gasteiger charge is 2.45. The molecule has 0 aliphatic rings. The summed E-state index contributed by atoms with van der Waals surface area (Å²) in [5, 5.41) is 1.99. The molecular weight excluding hydrogens is 455 g/mol. The number of hydrogen-bond donors (Lipinski definition) is 3. The monoisotopic (exact) mass is 475 g/mol. The van der Waals surface area contributed by atoms with E-state index in [-0.39, 0.29) is 5.69 Å². The van der Waals surface area contributed by atoms with Gasteiger partial charge in [0.2, 0.25) is 5.91 Å². The standard InChI is InChI=1S/C19H20F3N3O6S/c1-11(2)16(17(27)19(20,21)22)23-15(26)10-25-14(12-6-4-3-5-7-12)9-8-13(18(25)28)24-32(29,30)31/h3-9,11,16,24H,10H2,1-2H3,(H,23,26)(H,29,30,31). The molecule has 0 saturated heterocycles. The molecule has 1 atom stereocenters. The molecule has 174 valence electrons. The number of amides is 1. The maximum Gasteiger partial charge on any atom is 0.452 e. The smallest absolute Gasteiger partial charge is 0.344 e. The number of nitrogens with zero attached hydrogens (tertiary/aromatic N) is 1. The highest BCUT2D eigenvalue weighted by Crippen LogP contribution is 2.22. The molecule has 0 bridgehead atoms. The quantitative estimate of drug-likeness (QED) is 0.500. The second-order valence-electron chi connectivity index (χ2n) is 7.12. The first-order valence-corrected chi connectivity index (χ1v) is 10.6. The molecule has 0 spiro atoms. The van der Waals surface area contributed by atoms with Crippen molar-refractivity contribution in [2.75, 3.05) is 4.72 Å².